The highest BCUT2D eigenvalue weighted by molar-refractivity contribution is 7.92. The van der Waals surface area contributed by atoms with E-state index in [1.54, 1.807) is 36.7 Å². The van der Waals surface area contributed by atoms with Gasteiger partial charge in [0.2, 0.25) is 10.0 Å². The summed E-state index contributed by atoms with van der Waals surface area (Å²) in [5.41, 5.74) is 3.88. The Bertz CT molecular complexity index is 1080. The highest BCUT2D eigenvalue weighted by Gasteiger charge is 2.19. The molecule has 2 aromatic carbocycles. The van der Waals surface area contributed by atoms with E-state index in [2.05, 4.69) is 10.3 Å². The van der Waals surface area contributed by atoms with Crippen LogP contribution in [0, 0.1) is 6.92 Å². The van der Waals surface area contributed by atoms with Crippen LogP contribution in [0.1, 0.15) is 27.0 Å². The van der Waals surface area contributed by atoms with Gasteiger partial charge in [0.05, 0.1) is 18.5 Å². The van der Waals surface area contributed by atoms with Crippen molar-refractivity contribution in [3.05, 3.63) is 95.3 Å². The van der Waals surface area contributed by atoms with Crippen LogP contribution in [0.3, 0.4) is 0 Å². The number of nitrogens with zero attached hydrogens (tertiary/aromatic N) is 2. The zero-order valence-electron chi connectivity index (χ0n) is 16.4. The lowest BCUT2D eigenvalue weighted by Crippen LogP contribution is -2.29. The molecule has 0 radical (unpaired) electrons. The standard InChI is InChI=1S/C22H23N3O3S/c1-17-5-3-4-6-20(17)16-25(29(2,27)28)21-9-7-19(8-10-21)22(26)24-15-18-11-13-23-14-12-18/h3-14H,15-16H2,1-2H3,(H,24,26). The lowest BCUT2D eigenvalue weighted by molar-refractivity contribution is 0.0951. The van der Waals surface area contributed by atoms with Gasteiger partial charge in [-0.25, -0.2) is 8.42 Å². The number of carbonyl (C=O) groups excluding carboxylic acids is 1. The maximum atomic E-state index is 12.4. The summed E-state index contributed by atoms with van der Waals surface area (Å²) in [7, 11) is -3.49. The number of hydrogen-bond acceptors (Lipinski definition) is 4. The van der Waals surface area contributed by atoms with Crippen molar-refractivity contribution in [3.8, 4) is 0 Å². The van der Waals surface area contributed by atoms with Crippen molar-refractivity contribution in [2.75, 3.05) is 10.6 Å². The van der Waals surface area contributed by atoms with Crippen LogP contribution >= 0.6 is 0 Å². The molecule has 0 saturated carbocycles. The molecule has 0 fully saturated rings. The van der Waals surface area contributed by atoms with Crippen molar-refractivity contribution in [2.45, 2.75) is 20.0 Å². The van der Waals surface area contributed by atoms with E-state index in [4.69, 9.17) is 0 Å². The molecule has 1 N–H and O–H groups in total. The van der Waals surface area contributed by atoms with Crippen LogP contribution in [0.5, 0.6) is 0 Å². The first-order valence-electron chi connectivity index (χ1n) is 9.14. The van der Waals surface area contributed by atoms with Gasteiger partial charge in [-0.15, -0.1) is 0 Å². The summed E-state index contributed by atoms with van der Waals surface area (Å²) < 4.78 is 26.1. The summed E-state index contributed by atoms with van der Waals surface area (Å²) in [6.07, 6.45) is 4.52. The lowest BCUT2D eigenvalue weighted by Gasteiger charge is -2.23. The van der Waals surface area contributed by atoms with Crippen LogP contribution in [0.4, 0.5) is 5.69 Å². The zero-order valence-corrected chi connectivity index (χ0v) is 17.2. The number of carbonyl (C=O) groups is 1. The van der Waals surface area contributed by atoms with Gasteiger partial charge in [-0.1, -0.05) is 24.3 Å². The van der Waals surface area contributed by atoms with Crippen molar-refractivity contribution in [1.82, 2.24) is 10.3 Å². The predicted octanol–water partition coefficient (Wildman–Crippen LogP) is 3.29. The van der Waals surface area contributed by atoms with Crippen LogP contribution in [0.15, 0.2) is 73.1 Å². The highest BCUT2D eigenvalue weighted by Crippen LogP contribution is 2.22. The number of nitrogens with one attached hydrogen (secondary N) is 1. The summed E-state index contributed by atoms with van der Waals surface area (Å²) in [6, 6.07) is 17.9. The van der Waals surface area contributed by atoms with E-state index >= 15 is 0 Å². The molecule has 29 heavy (non-hydrogen) atoms. The van der Waals surface area contributed by atoms with Gasteiger partial charge in [0.25, 0.3) is 5.91 Å². The van der Waals surface area contributed by atoms with E-state index in [-0.39, 0.29) is 12.5 Å². The fourth-order valence-electron chi connectivity index (χ4n) is 2.91. The minimum absolute atomic E-state index is 0.224. The first-order chi connectivity index (χ1) is 13.8. The first kappa shape index (κ1) is 20.5. The van der Waals surface area contributed by atoms with Crippen LogP contribution in [0.25, 0.3) is 0 Å². The molecule has 0 aliphatic heterocycles. The van der Waals surface area contributed by atoms with Crippen LogP contribution in [-0.2, 0) is 23.1 Å². The maximum absolute atomic E-state index is 12.4. The Morgan fingerprint density at radius 1 is 1.00 bits per heavy atom. The third kappa shape index (κ3) is 5.42. The van der Waals surface area contributed by atoms with E-state index < -0.39 is 10.0 Å². The smallest absolute Gasteiger partial charge is 0.251 e. The summed E-state index contributed by atoms with van der Waals surface area (Å²) in [5, 5.41) is 2.84. The Kier molecular flexibility index (Phi) is 6.29. The quantitative estimate of drug-likeness (QED) is 0.649. The molecule has 0 atom stereocenters. The average Bonchev–Trinajstić information content (AvgIpc) is 2.71. The second-order valence-electron chi connectivity index (χ2n) is 6.78. The monoisotopic (exact) mass is 409 g/mol. The van der Waals surface area contributed by atoms with E-state index in [0.717, 1.165) is 16.7 Å². The number of anilines is 1. The van der Waals surface area contributed by atoms with Gasteiger partial charge < -0.3 is 5.32 Å². The molecule has 0 bridgehead atoms. The molecule has 0 saturated heterocycles. The molecule has 3 aromatic rings. The van der Waals surface area contributed by atoms with E-state index in [9.17, 15) is 13.2 Å². The lowest BCUT2D eigenvalue weighted by atomic mass is 10.1. The number of rotatable bonds is 7. The molecule has 0 unspecified atom stereocenters. The third-order valence-corrected chi connectivity index (χ3v) is 5.74. The Balaban J connectivity index is 1.75. The largest absolute Gasteiger partial charge is 0.348 e. The SMILES string of the molecule is Cc1ccccc1CN(c1ccc(C(=O)NCc2ccncc2)cc1)S(C)(=O)=O. The fourth-order valence-corrected chi connectivity index (χ4v) is 3.78. The van der Waals surface area contributed by atoms with Gasteiger partial charge in [0.1, 0.15) is 0 Å². The molecule has 150 valence electrons. The number of sulfonamides is 1. The molecule has 1 amide bonds. The van der Waals surface area contributed by atoms with Crippen molar-refractivity contribution in [1.29, 1.82) is 0 Å². The normalized spacial score (nSPS) is 11.1. The van der Waals surface area contributed by atoms with Crippen molar-refractivity contribution in [3.63, 3.8) is 0 Å². The second-order valence-corrected chi connectivity index (χ2v) is 8.69. The average molecular weight is 410 g/mol. The number of amides is 1. The van der Waals surface area contributed by atoms with Crippen LogP contribution in [0.2, 0.25) is 0 Å². The van der Waals surface area contributed by atoms with Gasteiger partial charge >= 0.3 is 0 Å². The van der Waals surface area contributed by atoms with E-state index in [1.807, 2.05) is 43.3 Å². The number of hydrogen-bond donors (Lipinski definition) is 1. The molecule has 0 spiro atoms. The molecule has 0 aliphatic carbocycles. The number of aryl methyl sites for hydroxylation is 1. The molecular formula is C22H23N3O3S. The molecule has 1 heterocycles. The zero-order chi connectivity index (χ0) is 20.9. The summed E-state index contributed by atoms with van der Waals surface area (Å²) >= 11 is 0. The predicted molar refractivity (Wildman–Crippen MR) is 114 cm³/mol. The minimum Gasteiger partial charge on any atom is -0.348 e. The minimum atomic E-state index is -3.49. The molecule has 7 heteroatoms. The molecule has 3 rings (SSSR count). The van der Waals surface area contributed by atoms with Crippen molar-refractivity contribution < 1.29 is 13.2 Å². The topological polar surface area (TPSA) is 79.4 Å². The van der Waals surface area contributed by atoms with Gasteiger partial charge in [-0.2, -0.15) is 0 Å². The van der Waals surface area contributed by atoms with Crippen LogP contribution < -0.4 is 9.62 Å². The van der Waals surface area contributed by atoms with E-state index in [0.29, 0.717) is 17.8 Å². The first-order valence-corrected chi connectivity index (χ1v) is 11.0. The number of pyridine rings is 1. The molecule has 0 aliphatic rings. The molecule has 6 nitrogen and oxygen atoms in total. The molecule has 1 aromatic heterocycles. The third-order valence-electron chi connectivity index (χ3n) is 4.60. The van der Waals surface area contributed by atoms with Gasteiger partial charge in [-0.05, 0) is 60.0 Å². The summed E-state index contributed by atoms with van der Waals surface area (Å²) in [5.74, 6) is -0.224. The second kappa shape index (κ2) is 8.87. The Labute approximate surface area is 171 Å². The maximum Gasteiger partial charge on any atom is 0.251 e. The van der Waals surface area contributed by atoms with Gasteiger partial charge in [0.15, 0.2) is 0 Å². The summed E-state index contributed by atoms with van der Waals surface area (Å²) in [6.45, 7) is 2.58. The number of benzene rings is 2. The fraction of sp³-hybridized carbons (Fsp3) is 0.182. The van der Waals surface area contributed by atoms with E-state index in [1.165, 1.54) is 10.6 Å². The Morgan fingerprint density at radius 3 is 2.28 bits per heavy atom. The van der Waals surface area contributed by atoms with Crippen molar-refractivity contribution >= 4 is 21.6 Å². The van der Waals surface area contributed by atoms with Crippen molar-refractivity contribution in [2.24, 2.45) is 0 Å². The Morgan fingerprint density at radius 2 is 1.66 bits per heavy atom. The number of aromatic nitrogens is 1. The Hall–Kier alpha value is -3.19. The summed E-state index contributed by atoms with van der Waals surface area (Å²) in [4.78, 5) is 16.3. The van der Waals surface area contributed by atoms with Gasteiger partial charge in [-0.3, -0.25) is 14.1 Å². The highest BCUT2D eigenvalue weighted by atomic mass is 32.2. The van der Waals surface area contributed by atoms with Crippen LogP contribution in [-0.4, -0.2) is 25.6 Å². The van der Waals surface area contributed by atoms with Gasteiger partial charge in [0, 0.05) is 24.5 Å². The molecular weight excluding hydrogens is 386 g/mol.